The molecular weight excluding hydrogens is 266 g/mol. The van der Waals surface area contributed by atoms with Gasteiger partial charge in [-0.1, -0.05) is 19.0 Å². The van der Waals surface area contributed by atoms with Crippen molar-refractivity contribution in [3.8, 4) is 11.5 Å². The minimum atomic E-state index is 0. The number of nitrogens with one attached hydrogen (secondary N) is 1. The van der Waals surface area contributed by atoms with Crippen molar-refractivity contribution in [2.24, 2.45) is 5.92 Å². The van der Waals surface area contributed by atoms with E-state index in [2.05, 4.69) is 39.5 Å². The summed E-state index contributed by atoms with van der Waals surface area (Å²) in [5, 5.41) is 14.9. The summed E-state index contributed by atoms with van der Waals surface area (Å²) in [5.41, 5.74) is 0.618. The standard InChI is InChI=1S/C12H17N5O.ClH/c1-8(2)7-10(13-3)12-15-11(17-18-12)9-5-4-6-14-16-9;/h4-6,8,10,13H,7H2,1-3H3;1H/t10-;/m0./s1. The molecule has 2 rings (SSSR count). The molecule has 19 heavy (non-hydrogen) atoms. The topological polar surface area (TPSA) is 76.7 Å². The zero-order valence-corrected chi connectivity index (χ0v) is 12.0. The van der Waals surface area contributed by atoms with Gasteiger partial charge in [-0.05, 0) is 31.5 Å². The van der Waals surface area contributed by atoms with Crippen LogP contribution in [0.1, 0.15) is 32.2 Å². The molecule has 0 saturated carbocycles. The quantitative estimate of drug-likeness (QED) is 0.907. The monoisotopic (exact) mass is 283 g/mol. The van der Waals surface area contributed by atoms with Crippen LogP contribution in [-0.2, 0) is 0 Å². The Morgan fingerprint density at radius 2 is 2.16 bits per heavy atom. The van der Waals surface area contributed by atoms with Crippen LogP contribution in [0.3, 0.4) is 0 Å². The Kier molecular flexibility index (Phi) is 5.85. The molecule has 0 unspecified atom stereocenters. The Morgan fingerprint density at radius 3 is 2.74 bits per heavy atom. The summed E-state index contributed by atoms with van der Waals surface area (Å²) < 4.78 is 5.28. The van der Waals surface area contributed by atoms with Crippen LogP contribution in [0.15, 0.2) is 22.9 Å². The third-order valence-corrected chi connectivity index (χ3v) is 2.60. The van der Waals surface area contributed by atoms with E-state index in [1.165, 1.54) is 0 Å². The van der Waals surface area contributed by atoms with E-state index >= 15 is 0 Å². The summed E-state index contributed by atoms with van der Waals surface area (Å²) in [7, 11) is 1.89. The summed E-state index contributed by atoms with van der Waals surface area (Å²) >= 11 is 0. The minimum Gasteiger partial charge on any atom is -0.337 e. The van der Waals surface area contributed by atoms with Gasteiger partial charge in [0, 0.05) is 6.20 Å². The van der Waals surface area contributed by atoms with Crippen molar-refractivity contribution in [2.45, 2.75) is 26.3 Å². The second kappa shape index (κ2) is 7.16. The fraction of sp³-hybridized carbons (Fsp3) is 0.500. The maximum absolute atomic E-state index is 5.28. The highest BCUT2D eigenvalue weighted by atomic mass is 35.5. The van der Waals surface area contributed by atoms with Crippen molar-refractivity contribution < 1.29 is 4.52 Å². The molecule has 0 aliphatic rings. The Balaban J connectivity index is 0.00000180. The molecule has 6 nitrogen and oxygen atoms in total. The first-order valence-corrected chi connectivity index (χ1v) is 5.99. The average Bonchev–Trinajstić information content (AvgIpc) is 2.86. The van der Waals surface area contributed by atoms with E-state index in [4.69, 9.17) is 4.52 Å². The number of hydrogen-bond acceptors (Lipinski definition) is 6. The van der Waals surface area contributed by atoms with E-state index in [1.807, 2.05) is 7.05 Å². The van der Waals surface area contributed by atoms with Gasteiger partial charge in [0.1, 0.15) is 5.69 Å². The molecular formula is C12H18ClN5O. The van der Waals surface area contributed by atoms with Crippen molar-refractivity contribution in [1.29, 1.82) is 0 Å². The van der Waals surface area contributed by atoms with Crippen molar-refractivity contribution >= 4 is 12.4 Å². The molecule has 0 saturated heterocycles. The van der Waals surface area contributed by atoms with Gasteiger partial charge in [0.05, 0.1) is 6.04 Å². The lowest BCUT2D eigenvalue weighted by atomic mass is 10.0. The number of hydrogen-bond donors (Lipinski definition) is 1. The van der Waals surface area contributed by atoms with Crippen LogP contribution < -0.4 is 5.32 Å². The van der Waals surface area contributed by atoms with E-state index in [-0.39, 0.29) is 18.4 Å². The third-order valence-electron chi connectivity index (χ3n) is 2.60. The van der Waals surface area contributed by atoms with Crippen LogP contribution in [0, 0.1) is 5.92 Å². The molecule has 0 bridgehead atoms. The summed E-state index contributed by atoms with van der Waals surface area (Å²) in [6, 6.07) is 3.67. The zero-order valence-electron chi connectivity index (χ0n) is 11.2. The lowest BCUT2D eigenvalue weighted by Crippen LogP contribution is -2.18. The first-order valence-electron chi connectivity index (χ1n) is 5.99. The Labute approximate surface area is 118 Å². The summed E-state index contributed by atoms with van der Waals surface area (Å²) in [4.78, 5) is 4.36. The zero-order chi connectivity index (χ0) is 13.0. The first-order chi connectivity index (χ1) is 8.70. The predicted octanol–water partition coefficient (Wildman–Crippen LogP) is 2.26. The van der Waals surface area contributed by atoms with E-state index < -0.39 is 0 Å². The molecule has 2 aromatic rings. The van der Waals surface area contributed by atoms with Gasteiger partial charge < -0.3 is 9.84 Å². The summed E-state index contributed by atoms with van der Waals surface area (Å²) in [6.45, 7) is 4.31. The fourth-order valence-electron chi connectivity index (χ4n) is 1.72. The SMILES string of the molecule is CN[C@@H](CC(C)C)c1nc(-c2cccnn2)no1.Cl. The second-order valence-electron chi connectivity index (χ2n) is 4.54. The van der Waals surface area contributed by atoms with Crippen LogP contribution in [0.25, 0.3) is 11.5 Å². The van der Waals surface area contributed by atoms with Crippen molar-refractivity contribution in [3.63, 3.8) is 0 Å². The molecule has 2 heterocycles. The predicted molar refractivity (Wildman–Crippen MR) is 73.8 cm³/mol. The van der Waals surface area contributed by atoms with E-state index in [0.29, 0.717) is 23.3 Å². The van der Waals surface area contributed by atoms with E-state index in [9.17, 15) is 0 Å². The van der Waals surface area contributed by atoms with Crippen molar-refractivity contribution in [2.75, 3.05) is 7.05 Å². The number of nitrogens with zero attached hydrogens (tertiary/aromatic N) is 4. The number of rotatable bonds is 5. The molecule has 0 radical (unpaired) electrons. The molecule has 2 aromatic heterocycles. The van der Waals surface area contributed by atoms with Gasteiger partial charge >= 0.3 is 0 Å². The number of aromatic nitrogens is 4. The first kappa shape index (κ1) is 15.5. The highest BCUT2D eigenvalue weighted by Crippen LogP contribution is 2.21. The highest BCUT2D eigenvalue weighted by molar-refractivity contribution is 5.85. The minimum absolute atomic E-state index is 0. The van der Waals surface area contributed by atoms with Crippen molar-refractivity contribution in [3.05, 3.63) is 24.2 Å². The van der Waals surface area contributed by atoms with Gasteiger partial charge in [-0.25, -0.2) is 0 Å². The van der Waals surface area contributed by atoms with Crippen LogP contribution in [0.5, 0.6) is 0 Å². The molecule has 0 aliphatic carbocycles. The van der Waals surface area contributed by atoms with Gasteiger partial charge in [0.25, 0.3) is 0 Å². The number of halogens is 1. The highest BCUT2D eigenvalue weighted by Gasteiger charge is 2.19. The Bertz CT molecular complexity index is 488. The van der Waals surface area contributed by atoms with Gasteiger partial charge in [-0.2, -0.15) is 10.1 Å². The van der Waals surface area contributed by atoms with Crippen LogP contribution in [0.2, 0.25) is 0 Å². The maximum Gasteiger partial charge on any atom is 0.244 e. The molecule has 104 valence electrons. The van der Waals surface area contributed by atoms with E-state index in [0.717, 1.165) is 6.42 Å². The van der Waals surface area contributed by atoms with Gasteiger partial charge in [0.2, 0.25) is 11.7 Å². The van der Waals surface area contributed by atoms with Gasteiger partial charge in [0.15, 0.2) is 0 Å². The normalized spacial score (nSPS) is 12.2. The largest absolute Gasteiger partial charge is 0.337 e. The van der Waals surface area contributed by atoms with E-state index in [1.54, 1.807) is 18.3 Å². The van der Waals surface area contributed by atoms with Crippen LogP contribution in [-0.4, -0.2) is 27.4 Å². The third kappa shape index (κ3) is 3.97. The molecule has 0 amide bonds. The molecule has 7 heteroatoms. The van der Waals surface area contributed by atoms with Crippen molar-refractivity contribution in [1.82, 2.24) is 25.7 Å². The molecule has 1 N–H and O–H groups in total. The molecule has 1 atom stereocenters. The fourth-order valence-corrected chi connectivity index (χ4v) is 1.72. The molecule has 0 aliphatic heterocycles. The average molecular weight is 284 g/mol. The smallest absolute Gasteiger partial charge is 0.244 e. The molecule has 0 fully saturated rings. The second-order valence-corrected chi connectivity index (χ2v) is 4.54. The molecule has 0 aromatic carbocycles. The summed E-state index contributed by atoms with van der Waals surface area (Å²) in [6.07, 6.45) is 2.55. The van der Waals surface area contributed by atoms with Gasteiger partial charge in [-0.15, -0.1) is 17.5 Å². The Hall–Kier alpha value is -1.53. The lowest BCUT2D eigenvalue weighted by molar-refractivity contribution is 0.314. The molecule has 0 spiro atoms. The van der Waals surface area contributed by atoms with Crippen LogP contribution >= 0.6 is 12.4 Å². The Morgan fingerprint density at radius 1 is 1.37 bits per heavy atom. The maximum atomic E-state index is 5.28. The summed E-state index contributed by atoms with van der Waals surface area (Å²) in [5.74, 6) is 1.61. The van der Waals surface area contributed by atoms with Crippen LogP contribution in [0.4, 0.5) is 0 Å². The van der Waals surface area contributed by atoms with Gasteiger partial charge in [-0.3, -0.25) is 0 Å². The lowest BCUT2D eigenvalue weighted by Gasteiger charge is -2.13.